The Bertz CT molecular complexity index is 1100. The molecule has 0 atom stereocenters. The van der Waals surface area contributed by atoms with Crippen LogP contribution in [-0.4, -0.2) is 33.7 Å². The summed E-state index contributed by atoms with van der Waals surface area (Å²) in [5, 5.41) is 1.88. The summed E-state index contributed by atoms with van der Waals surface area (Å²) in [7, 11) is 0. The van der Waals surface area contributed by atoms with Crippen LogP contribution in [0, 0.1) is 20.8 Å². The average molecular weight is 409 g/mol. The van der Waals surface area contributed by atoms with Gasteiger partial charge in [0.1, 0.15) is 0 Å². The highest BCUT2D eigenvalue weighted by Crippen LogP contribution is 2.38. The van der Waals surface area contributed by atoms with Gasteiger partial charge >= 0.3 is 5.97 Å². The summed E-state index contributed by atoms with van der Waals surface area (Å²) in [5.74, 6) is -0.436. The second-order valence-corrected chi connectivity index (χ2v) is 8.55. The van der Waals surface area contributed by atoms with Crippen LogP contribution in [0.1, 0.15) is 46.2 Å². The summed E-state index contributed by atoms with van der Waals surface area (Å²) in [4.78, 5) is 29.3. The van der Waals surface area contributed by atoms with Gasteiger partial charge in [0.15, 0.2) is 6.61 Å². The normalized spacial score (nSPS) is 13.6. The van der Waals surface area contributed by atoms with E-state index in [-0.39, 0.29) is 18.1 Å². The van der Waals surface area contributed by atoms with Crippen molar-refractivity contribution in [2.75, 3.05) is 12.4 Å². The Balaban J connectivity index is 1.34. The van der Waals surface area contributed by atoms with E-state index in [9.17, 15) is 9.59 Å². The molecule has 6 heteroatoms. The summed E-state index contributed by atoms with van der Waals surface area (Å²) in [6, 6.07) is 12.3. The monoisotopic (exact) mass is 408 g/mol. The highest BCUT2D eigenvalue weighted by atomic mass is 32.2. The van der Waals surface area contributed by atoms with Crippen LogP contribution in [0.5, 0.6) is 0 Å². The largest absolute Gasteiger partial charge is 0.457 e. The first-order chi connectivity index (χ1) is 13.9. The number of rotatable bonds is 7. The minimum absolute atomic E-state index is 0.124. The van der Waals surface area contributed by atoms with Gasteiger partial charge in [-0.1, -0.05) is 30.0 Å². The van der Waals surface area contributed by atoms with Crippen LogP contribution in [-0.2, 0) is 9.53 Å². The van der Waals surface area contributed by atoms with Crippen molar-refractivity contribution in [1.29, 1.82) is 0 Å². The maximum absolute atomic E-state index is 12.5. The van der Waals surface area contributed by atoms with E-state index in [1.807, 2.05) is 57.2 Å². The lowest BCUT2D eigenvalue weighted by molar-refractivity contribution is -0.139. The molecule has 2 heterocycles. The number of aryl methyl sites for hydroxylation is 2. The number of hydrogen-bond acceptors (Lipinski definition) is 5. The van der Waals surface area contributed by atoms with Crippen molar-refractivity contribution in [1.82, 2.24) is 9.55 Å². The van der Waals surface area contributed by atoms with Gasteiger partial charge in [0, 0.05) is 28.4 Å². The molecule has 3 aromatic rings. The van der Waals surface area contributed by atoms with Crippen molar-refractivity contribution < 1.29 is 14.3 Å². The number of carbonyl (C=O) groups excluding carboxylic acids is 2. The molecule has 5 nitrogen and oxygen atoms in total. The topological polar surface area (TPSA) is 61.2 Å². The Labute approximate surface area is 174 Å². The predicted molar refractivity (Wildman–Crippen MR) is 115 cm³/mol. The number of esters is 1. The number of para-hydroxylation sites is 1. The SMILES string of the molecule is Cc1cc(SCC(=O)OCC(=O)c2cc(C)n(C3CC3)c2C)nc2ccccc12. The van der Waals surface area contributed by atoms with Gasteiger partial charge in [-0.2, -0.15) is 0 Å². The van der Waals surface area contributed by atoms with E-state index in [0.717, 1.165) is 32.9 Å². The molecule has 0 unspecified atom stereocenters. The van der Waals surface area contributed by atoms with E-state index in [0.29, 0.717) is 11.6 Å². The number of thioether (sulfide) groups is 1. The molecule has 0 amide bonds. The van der Waals surface area contributed by atoms with Gasteiger partial charge in [-0.05, 0) is 57.4 Å². The van der Waals surface area contributed by atoms with Gasteiger partial charge in [-0.25, -0.2) is 4.98 Å². The smallest absolute Gasteiger partial charge is 0.316 e. The first kappa shape index (κ1) is 19.7. The molecule has 1 aliphatic rings. The third kappa shape index (κ3) is 4.22. The van der Waals surface area contributed by atoms with E-state index in [4.69, 9.17) is 4.74 Å². The predicted octanol–water partition coefficient (Wildman–Crippen LogP) is 4.81. The standard InChI is InChI=1S/C23H24N2O3S/c1-14-10-22(24-20-7-5-4-6-18(14)20)29-13-23(27)28-12-21(26)19-11-15(2)25(16(19)3)17-8-9-17/h4-7,10-11,17H,8-9,12-13H2,1-3H3. The van der Waals surface area contributed by atoms with Crippen molar-refractivity contribution >= 4 is 34.4 Å². The Hall–Kier alpha value is -2.60. The third-order valence-electron chi connectivity index (χ3n) is 5.30. The lowest BCUT2D eigenvalue weighted by Crippen LogP contribution is -2.16. The average Bonchev–Trinajstić information content (AvgIpc) is 3.49. The zero-order chi connectivity index (χ0) is 20.5. The maximum atomic E-state index is 12.5. The van der Waals surface area contributed by atoms with E-state index in [2.05, 4.69) is 9.55 Å². The fourth-order valence-electron chi connectivity index (χ4n) is 3.74. The Morgan fingerprint density at radius 3 is 2.69 bits per heavy atom. The molecule has 1 fully saturated rings. The minimum Gasteiger partial charge on any atom is -0.457 e. The molecule has 0 saturated heterocycles. The van der Waals surface area contributed by atoms with Gasteiger partial charge in [-0.15, -0.1) is 0 Å². The highest BCUT2D eigenvalue weighted by Gasteiger charge is 2.28. The number of ether oxygens (including phenoxy) is 1. The number of carbonyl (C=O) groups is 2. The first-order valence-electron chi connectivity index (χ1n) is 9.80. The molecule has 29 heavy (non-hydrogen) atoms. The van der Waals surface area contributed by atoms with E-state index < -0.39 is 5.97 Å². The lowest BCUT2D eigenvalue weighted by atomic mass is 10.1. The number of Topliss-reactive ketones (excluding diaryl/α,β-unsaturated/α-hetero) is 1. The molecule has 0 N–H and O–H groups in total. The molecule has 0 aliphatic heterocycles. The second-order valence-electron chi connectivity index (χ2n) is 7.55. The van der Waals surface area contributed by atoms with Gasteiger partial charge in [0.05, 0.1) is 16.3 Å². The molecule has 4 rings (SSSR count). The zero-order valence-electron chi connectivity index (χ0n) is 16.9. The fourth-order valence-corrected chi connectivity index (χ4v) is 4.52. The Morgan fingerprint density at radius 1 is 1.17 bits per heavy atom. The number of pyridine rings is 1. The van der Waals surface area contributed by atoms with E-state index in [1.54, 1.807) is 0 Å². The second kappa shape index (κ2) is 8.03. The summed E-state index contributed by atoms with van der Waals surface area (Å²) < 4.78 is 7.45. The molecule has 2 aromatic heterocycles. The van der Waals surface area contributed by atoms with Crippen molar-refractivity contribution in [2.45, 2.75) is 44.7 Å². The van der Waals surface area contributed by atoms with Crippen LogP contribution in [0.4, 0.5) is 0 Å². The van der Waals surface area contributed by atoms with Crippen molar-refractivity contribution in [3.05, 3.63) is 58.9 Å². The van der Waals surface area contributed by atoms with Gasteiger partial charge in [-0.3, -0.25) is 9.59 Å². The maximum Gasteiger partial charge on any atom is 0.316 e. The van der Waals surface area contributed by atoms with Crippen molar-refractivity contribution in [2.24, 2.45) is 0 Å². The number of fused-ring (bicyclic) bond motifs is 1. The number of ketones is 1. The summed E-state index contributed by atoms with van der Waals surface area (Å²) in [6.07, 6.45) is 2.33. The van der Waals surface area contributed by atoms with Crippen LogP contribution in [0.25, 0.3) is 10.9 Å². The molecule has 0 spiro atoms. The van der Waals surface area contributed by atoms with Crippen molar-refractivity contribution in [3.63, 3.8) is 0 Å². The lowest BCUT2D eigenvalue weighted by Gasteiger charge is -2.08. The van der Waals surface area contributed by atoms with E-state index >= 15 is 0 Å². The molecular weight excluding hydrogens is 384 g/mol. The van der Waals surface area contributed by atoms with Crippen LogP contribution in [0.15, 0.2) is 41.4 Å². The Kier molecular flexibility index (Phi) is 5.46. The highest BCUT2D eigenvalue weighted by molar-refractivity contribution is 7.99. The van der Waals surface area contributed by atoms with Crippen LogP contribution in [0.2, 0.25) is 0 Å². The van der Waals surface area contributed by atoms with Crippen molar-refractivity contribution in [3.8, 4) is 0 Å². The summed E-state index contributed by atoms with van der Waals surface area (Å²) in [5.41, 5.74) is 4.74. The van der Waals surface area contributed by atoms with Gasteiger partial charge in [0.2, 0.25) is 5.78 Å². The molecule has 1 aliphatic carbocycles. The van der Waals surface area contributed by atoms with Gasteiger partial charge in [0.25, 0.3) is 0 Å². The van der Waals surface area contributed by atoms with Crippen LogP contribution in [0.3, 0.4) is 0 Å². The van der Waals surface area contributed by atoms with E-state index in [1.165, 1.54) is 24.6 Å². The minimum atomic E-state index is -0.410. The third-order valence-corrected chi connectivity index (χ3v) is 6.18. The molecular formula is C23H24N2O3S. The first-order valence-corrected chi connectivity index (χ1v) is 10.8. The molecule has 1 aromatic carbocycles. The fraction of sp³-hybridized carbons (Fsp3) is 0.348. The summed E-state index contributed by atoms with van der Waals surface area (Å²) >= 11 is 1.33. The molecule has 1 saturated carbocycles. The van der Waals surface area contributed by atoms with Crippen LogP contribution >= 0.6 is 11.8 Å². The Morgan fingerprint density at radius 2 is 1.93 bits per heavy atom. The number of hydrogen-bond donors (Lipinski definition) is 0. The zero-order valence-corrected chi connectivity index (χ0v) is 17.7. The number of benzene rings is 1. The number of nitrogens with zero attached hydrogens (tertiary/aromatic N) is 2. The quantitative estimate of drug-likeness (QED) is 0.319. The van der Waals surface area contributed by atoms with Crippen LogP contribution < -0.4 is 0 Å². The molecule has 0 radical (unpaired) electrons. The molecule has 150 valence electrons. The molecule has 0 bridgehead atoms. The van der Waals surface area contributed by atoms with Gasteiger partial charge < -0.3 is 9.30 Å². The number of aromatic nitrogens is 2. The summed E-state index contributed by atoms with van der Waals surface area (Å²) in [6.45, 7) is 5.79.